The Bertz CT molecular complexity index is 995. The lowest BCUT2D eigenvalue weighted by molar-refractivity contribution is -0.137. The number of hydrogen-bond acceptors (Lipinski definition) is 4. The molecule has 0 saturated carbocycles. The Morgan fingerprint density at radius 3 is 2.59 bits per heavy atom. The summed E-state index contributed by atoms with van der Waals surface area (Å²) in [5, 5.41) is 3.52. The second-order valence-electron chi connectivity index (χ2n) is 5.68. The second-order valence-corrected chi connectivity index (χ2v) is 6.88. The van der Waals surface area contributed by atoms with Crippen LogP contribution in [0, 0.1) is 6.92 Å². The smallest absolute Gasteiger partial charge is 0.416 e. The molecule has 0 saturated heterocycles. The molecule has 0 radical (unpaired) electrons. The highest BCUT2D eigenvalue weighted by atomic mass is 32.1. The molecule has 1 amide bonds. The van der Waals surface area contributed by atoms with E-state index in [1.807, 2.05) is 6.92 Å². The summed E-state index contributed by atoms with van der Waals surface area (Å²) in [7, 11) is 0. The van der Waals surface area contributed by atoms with Crippen LogP contribution in [0.4, 0.5) is 13.2 Å². The zero-order valence-corrected chi connectivity index (χ0v) is 15.1. The highest BCUT2D eigenvalue weighted by molar-refractivity contribution is 7.18. The number of carbonyl (C=O) groups excluding carboxylic acids is 1. The van der Waals surface area contributed by atoms with Gasteiger partial charge in [0.05, 0.1) is 15.3 Å². The van der Waals surface area contributed by atoms with Crippen LogP contribution in [0.15, 0.2) is 49.1 Å². The van der Waals surface area contributed by atoms with Gasteiger partial charge in [-0.05, 0) is 48.9 Å². The number of hydrogen-bond donors (Lipinski definition) is 1. The summed E-state index contributed by atoms with van der Waals surface area (Å²) in [4.78, 5) is 15.8. The fraction of sp³-hybridized carbons (Fsp3) is 0.158. The Morgan fingerprint density at radius 2 is 1.96 bits per heavy atom. The van der Waals surface area contributed by atoms with Crippen molar-refractivity contribution in [3.63, 3.8) is 0 Å². The monoisotopic (exact) mass is 392 g/mol. The minimum Gasteiger partial charge on any atom is -0.455 e. The van der Waals surface area contributed by atoms with Crippen LogP contribution in [0.25, 0.3) is 10.2 Å². The van der Waals surface area contributed by atoms with E-state index in [4.69, 9.17) is 4.74 Å². The predicted molar refractivity (Wildman–Crippen MR) is 97.9 cm³/mol. The molecular formula is C19H15F3N2O2S. The SMILES string of the molecule is C=CC(=O)NCc1ccc(Oc2ccc(C(F)(F)F)cc2)c2nc(C)sc12. The van der Waals surface area contributed by atoms with Gasteiger partial charge in [-0.2, -0.15) is 13.2 Å². The molecule has 0 aliphatic rings. The predicted octanol–water partition coefficient (Wildman–Crippen LogP) is 5.22. The van der Waals surface area contributed by atoms with Gasteiger partial charge in [-0.1, -0.05) is 12.6 Å². The molecule has 1 heterocycles. The molecule has 8 heteroatoms. The van der Waals surface area contributed by atoms with Crippen molar-refractivity contribution in [2.45, 2.75) is 19.6 Å². The van der Waals surface area contributed by atoms with Crippen molar-refractivity contribution in [3.8, 4) is 11.5 Å². The number of benzene rings is 2. The maximum absolute atomic E-state index is 12.7. The molecule has 3 aromatic rings. The first kappa shape index (κ1) is 18.9. The van der Waals surface area contributed by atoms with Crippen LogP contribution in [-0.2, 0) is 17.5 Å². The Kier molecular flexibility index (Phi) is 5.18. The maximum Gasteiger partial charge on any atom is 0.416 e. The van der Waals surface area contributed by atoms with Crippen LogP contribution in [0.3, 0.4) is 0 Å². The van der Waals surface area contributed by atoms with Gasteiger partial charge in [-0.25, -0.2) is 4.98 Å². The van der Waals surface area contributed by atoms with E-state index in [2.05, 4.69) is 16.9 Å². The molecular weight excluding hydrogens is 377 g/mol. The van der Waals surface area contributed by atoms with E-state index in [0.29, 0.717) is 17.8 Å². The number of carbonyl (C=O) groups is 1. The molecule has 1 N–H and O–H groups in total. The maximum atomic E-state index is 12.7. The number of aromatic nitrogens is 1. The quantitative estimate of drug-likeness (QED) is 0.606. The summed E-state index contributed by atoms with van der Waals surface area (Å²) in [6, 6.07) is 7.96. The third kappa shape index (κ3) is 4.28. The van der Waals surface area contributed by atoms with Gasteiger partial charge < -0.3 is 10.1 Å². The van der Waals surface area contributed by atoms with E-state index in [-0.39, 0.29) is 11.7 Å². The van der Waals surface area contributed by atoms with Crippen LogP contribution < -0.4 is 10.1 Å². The van der Waals surface area contributed by atoms with Crippen LogP contribution in [0.5, 0.6) is 11.5 Å². The largest absolute Gasteiger partial charge is 0.455 e. The number of aryl methyl sites for hydroxylation is 1. The highest BCUT2D eigenvalue weighted by Gasteiger charge is 2.30. The summed E-state index contributed by atoms with van der Waals surface area (Å²) in [5.74, 6) is 0.435. The van der Waals surface area contributed by atoms with Crippen LogP contribution in [0.2, 0.25) is 0 Å². The first-order chi connectivity index (χ1) is 12.8. The van der Waals surface area contributed by atoms with E-state index < -0.39 is 11.7 Å². The molecule has 0 aliphatic heterocycles. The van der Waals surface area contributed by atoms with Crippen LogP contribution in [0.1, 0.15) is 16.1 Å². The van der Waals surface area contributed by atoms with E-state index in [0.717, 1.165) is 27.4 Å². The molecule has 140 valence electrons. The van der Waals surface area contributed by atoms with Crippen molar-refractivity contribution in [1.82, 2.24) is 10.3 Å². The molecule has 27 heavy (non-hydrogen) atoms. The van der Waals surface area contributed by atoms with Gasteiger partial charge >= 0.3 is 6.18 Å². The van der Waals surface area contributed by atoms with Gasteiger partial charge in [0.25, 0.3) is 0 Å². The Balaban J connectivity index is 1.89. The Hall–Kier alpha value is -2.87. The number of rotatable bonds is 5. The Labute approximate surface area is 157 Å². The van der Waals surface area contributed by atoms with E-state index in [1.54, 1.807) is 12.1 Å². The molecule has 0 fully saturated rings. The minimum absolute atomic E-state index is 0.280. The molecule has 0 atom stereocenters. The summed E-state index contributed by atoms with van der Waals surface area (Å²) in [5.41, 5.74) is 0.728. The number of amides is 1. The van der Waals surface area contributed by atoms with Crippen LogP contribution in [-0.4, -0.2) is 10.9 Å². The number of nitrogens with zero attached hydrogens (tertiary/aromatic N) is 1. The molecule has 0 spiro atoms. The van der Waals surface area contributed by atoms with E-state index >= 15 is 0 Å². The third-order valence-corrected chi connectivity index (χ3v) is 4.79. The minimum atomic E-state index is -4.39. The normalized spacial score (nSPS) is 11.4. The van der Waals surface area contributed by atoms with E-state index in [9.17, 15) is 18.0 Å². The first-order valence-corrected chi connectivity index (χ1v) is 8.74. The lowest BCUT2D eigenvalue weighted by Gasteiger charge is -2.11. The number of nitrogens with one attached hydrogen (secondary N) is 1. The van der Waals surface area contributed by atoms with Gasteiger partial charge in [0.15, 0.2) is 5.75 Å². The Morgan fingerprint density at radius 1 is 1.26 bits per heavy atom. The number of thiazole rings is 1. The van der Waals surface area contributed by atoms with Crippen molar-refractivity contribution >= 4 is 27.5 Å². The number of alkyl halides is 3. The van der Waals surface area contributed by atoms with Crippen molar-refractivity contribution in [2.75, 3.05) is 0 Å². The molecule has 0 bridgehead atoms. The fourth-order valence-corrected chi connectivity index (χ4v) is 3.40. The molecule has 0 aliphatic carbocycles. The number of halogens is 3. The molecule has 4 nitrogen and oxygen atoms in total. The summed E-state index contributed by atoms with van der Waals surface area (Å²) in [6.45, 7) is 5.56. The van der Waals surface area contributed by atoms with Crippen molar-refractivity contribution in [3.05, 3.63) is 65.2 Å². The van der Waals surface area contributed by atoms with E-state index in [1.165, 1.54) is 29.5 Å². The lowest BCUT2D eigenvalue weighted by Crippen LogP contribution is -2.19. The van der Waals surface area contributed by atoms with Gasteiger partial charge in [0.2, 0.25) is 5.91 Å². The number of fused-ring (bicyclic) bond motifs is 1. The first-order valence-electron chi connectivity index (χ1n) is 7.92. The fourth-order valence-electron chi connectivity index (χ4n) is 2.46. The molecule has 3 rings (SSSR count). The zero-order valence-electron chi connectivity index (χ0n) is 14.3. The van der Waals surface area contributed by atoms with Gasteiger partial charge in [-0.3, -0.25) is 4.79 Å². The van der Waals surface area contributed by atoms with Crippen molar-refractivity contribution < 1.29 is 22.7 Å². The topological polar surface area (TPSA) is 51.2 Å². The highest BCUT2D eigenvalue weighted by Crippen LogP contribution is 2.36. The average Bonchev–Trinajstić information content (AvgIpc) is 3.02. The average molecular weight is 392 g/mol. The second kappa shape index (κ2) is 7.40. The molecule has 2 aromatic carbocycles. The van der Waals surface area contributed by atoms with Gasteiger partial charge in [-0.15, -0.1) is 11.3 Å². The molecule has 1 aromatic heterocycles. The zero-order chi connectivity index (χ0) is 19.6. The summed E-state index contributed by atoms with van der Waals surface area (Å²) in [6.07, 6.45) is -3.20. The van der Waals surface area contributed by atoms with Crippen molar-refractivity contribution in [1.29, 1.82) is 0 Å². The summed E-state index contributed by atoms with van der Waals surface area (Å²) >= 11 is 1.45. The molecule has 0 unspecified atom stereocenters. The van der Waals surface area contributed by atoms with Gasteiger partial charge in [0.1, 0.15) is 11.3 Å². The standard InChI is InChI=1S/C19H15F3N2O2S/c1-3-16(25)23-10-12-4-9-15(17-18(12)27-11(2)24-17)26-14-7-5-13(6-8-14)19(20,21)22/h3-9H,1,10H2,2H3,(H,23,25). The third-order valence-electron chi connectivity index (χ3n) is 3.74. The number of ether oxygens (including phenoxy) is 1. The van der Waals surface area contributed by atoms with Crippen LogP contribution >= 0.6 is 11.3 Å². The lowest BCUT2D eigenvalue weighted by atomic mass is 10.2. The van der Waals surface area contributed by atoms with Gasteiger partial charge in [0, 0.05) is 6.54 Å². The van der Waals surface area contributed by atoms with Crippen molar-refractivity contribution in [2.24, 2.45) is 0 Å². The summed E-state index contributed by atoms with van der Waals surface area (Å²) < 4.78 is 44.6.